The molecule has 0 bridgehead atoms. The fourth-order valence-electron chi connectivity index (χ4n) is 2.20. The monoisotopic (exact) mass is 476 g/mol. The van der Waals surface area contributed by atoms with Gasteiger partial charge in [0.1, 0.15) is 11.6 Å². The molecular formula is C20H17IN2O4. The van der Waals surface area contributed by atoms with E-state index in [2.05, 4.69) is 27.9 Å². The SMILES string of the molecule is CCOc1cc(C=C(C#N)C(=O)Nc2cccc(I)c2)ccc1OC(C)=O. The van der Waals surface area contributed by atoms with E-state index in [4.69, 9.17) is 9.47 Å². The molecule has 138 valence electrons. The average Bonchev–Trinajstić information content (AvgIpc) is 2.61. The lowest BCUT2D eigenvalue weighted by Crippen LogP contribution is -2.13. The number of rotatable bonds is 6. The molecule has 0 aliphatic heterocycles. The number of benzene rings is 2. The number of hydrogen-bond donors (Lipinski definition) is 1. The van der Waals surface area contributed by atoms with Crippen molar-refractivity contribution >= 4 is 46.2 Å². The summed E-state index contributed by atoms with van der Waals surface area (Å²) in [7, 11) is 0. The third-order valence-corrected chi connectivity index (χ3v) is 3.95. The maximum Gasteiger partial charge on any atom is 0.308 e. The Morgan fingerprint density at radius 3 is 2.63 bits per heavy atom. The Balaban J connectivity index is 2.28. The number of ether oxygens (including phenoxy) is 2. The zero-order valence-corrected chi connectivity index (χ0v) is 16.9. The van der Waals surface area contributed by atoms with Crippen molar-refractivity contribution in [2.75, 3.05) is 11.9 Å². The van der Waals surface area contributed by atoms with Crippen LogP contribution in [0.5, 0.6) is 11.5 Å². The van der Waals surface area contributed by atoms with Gasteiger partial charge in [-0.05, 0) is 71.5 Å². The molecule has 1 N–H and O–H groups in total. The first-order valence-electron chi connectivity index (χ1n) is 8.07. The van der Waals surface area contributed by atoms with Crippen LogP contribution in [-0.2, 0) is 9.59 Å². The van der Waals surface area contributed by atoms with Crippen LogP contribution in [0, 0.1) is 14.9 Å². The van der Waals surface area contributed by atoms with E-state index in [1.165, 1.54) is 13.0 Å². The van der Waals surface area contributed by atoms with E-state index in [1.54, 1.807) is 37.3 Å². The van der Waals surface area contributed by atoms with E-state index in [0.717, 1.165) is 3.57 Å². The number of carbonyl (C=O) groups is 2. The standard InChI is InChI=1S/C20H17IN2O4/c1-3-26-19-10-14(7-8-18(19)27-13(2)24)9-15(12-22)20(25)23-17-6-4-5-16(21)11-17/h4-11H,3H2,1-2H3,(H,23,25). The van der Waals surface area contributed by atoms with Gasteiger partial charge in [0.05, 0.1) is 6.61 Å². The van der Waals surface area contributed by atoms with Gasteiger partial charge in [-0.1, -0.05) is 12.1 Å². The van der Waals surface area contributed by atoms with Crippen molar-refractivity contribution in [3.63, 3.8) is 0 Å². The molecule has 0 radical (unpaired) electrons. The smallest absolute Gasteiger partial charge is 0.308 e. The first-order valence-corrected chi connectivity index (χ1v) is 9.14. The molecule has 0 saturated carbocycles. The van der Waals surface area contributed by atoms with Crippen LogP contribution in [0.1, 0.15) is 19.4 Å². The number of hydrogen-bond acceptors (Lipinski definition) is 5. The Morgan fingerprint density at radius 2 is 2.00 bits per heavy atom. The first-order chi connectivity index (χ1) is 12.9. The number of nitriles is 1. The van der Waals surface area contributed by atoms with Gasteiger partial charge in [0.25, 0.3) is 5.91 Å². The predicted molar refractivity (Wildman–Crippen MR) is 110 cm³/mol. The van der Waals surface area contributed by atoms with Gasteiger partial charge in [-0.3, -0.25) is 9.59 Å². The molecule has 0 aromatic heterocycles. The van der Waals surface area contributed by atoms with Crippen molar-refractivity contribution in [3.8, 4) is 17.6 Å². The molecule has 2 aromatic carbocycles. The van der Waals surface area contributed by atoms with Crippen molar-refractivity contribution in [2.24, 2.45) is 0 Å². The number of halogens is 1. The van der Waals surface area contributed by atoms with Crippen LogP contribution in [0.25, 0.3) is 6.08 Å². The number of nitrogens with one attached hydrogen (secondary N) is 1. The minimum absolute atomic E-state index is 0.0588. The average molecular weight is 476 g/mol. The largest absolute Gasteiger partial charge is 0.490 e. The highest BCUT2D eigenvalue weighted by atomic mass is 127. The topological polar surface area (TPSA) is 88.4 Å². The summed E-state index contributed by atoms with van der Waals surface area (Å²) >= 11 is 2.14. The van der Waals surface area contributed by atoms with Gasteiger partial charge >= 0.3 is 5.97 Å². The number of nitrogens with zero attached hydrogens (tertiary/aromatic N) is 1. The van der Waals surface area contributed by atoms with Gasteiger partial charge in [0.2, 0.25) is 0 Å². The van der Waals surface area contributed by atoms with Crippen LogP contribution >= 0.6 is 22.6 Å². The number of anilines is 1. The molecule has 0 unspecified atom stereocenters. The Kier molecular flexibility index (Phi) is 7.37. The Bertz CT molecular complexity index is 932. The van der Waals surface area contributed by atoms with Crippen LogP contribution in [0.3, 0.4) is 0 Å². The van der Waals surface area contributed by atoms with E-state index >= 15 is 0 Å². The zero-order chi connectivity index (χ0) is 19.8. The minimum atomic E-state index is -0.512. The number of carbonyl (C=O) groups excluding carboxylic acids is 2. The lowest BCUT2D eigenvalue weighted by atomic mass is 10.1. The summed E-state index contributed by atoms with van der Waals surface area (Å²) in [6.45, 7) is 3.47. The van der Waals surface area contributed by atoms with E-state index in [0.29, 0.717) is 23.6 Å². The summed E-state index contributed by atoms with van der Waals surface area (Å²) in [6.07, 6.45) is 1.45. The molecule has 0 saturated heterocycles. The van der Waals surface area contributed by atoms with Crippen molar-refractivity contribution in [3.05, 3.63) is 57.2 Å². The van der Waals surface area contributed by atoms with Crippen LogP contribution < -0.4 is 14.8 Å². The maximum absolute atomic E-state index is 12.4. The fraction of sp³-hybridized carbons (Fsp3) is 0.150. The summed E-state index contributed by atoms with van der Waals surface area (Å²) in [5.74, 6) is -0.338. The molecule has 2 rings (SSSR count). The second kappa shape index (κ2) is 9.73. The van der Waals surface area contributed by atoms with Gasteiger partial charge < -0.3 is 14.8 Å². The van der Waals surface area contributed by atoms with Crippen LogP contribution in [0.15, 0.2) is 48.0 Å². The maximum atomic E-state index is 12.4. The predicted octanol–water partition coefficient (Wildman–Crippen LogP) is 4.16. The van der Waals surface area contributed by atoms with E-state index in [1.807, 2.05) is 18.2 Å². The van der Waals surface area contributed by atoms with Crippen molar-refractivity contribution in [1.82, 2.24) is 0 Å². The second-order valence-electron chi connectivity index (χ2n) is 5.37. The molecule has 2 aromatic rings. The Morgan fingerprint density at radius 1 is 1.22 bits per heavy atom. The van der Waals surface area contributed by atoms with Crippen molar-refractivity contribution < 1.29 is 19.1 Å². The molecule has 0 aliphatic rings. The van der Waals surface area contributed by atoms with E-state index in [9.17, 15) is 14.9 Å². The third-order valence-electron chi connectivity index (χ3n) is 3.28. The van der Waals surface area contributed by atoms with Crippen LogP contribution in [0.4, 0.5) is 5.69 Å². The van der Waals surface area contributed by atoms with E-state index < -0.39 is 11.9 Å². The van der Waals surface area contributed by atoms with Crippen molar-refractivity contribution in [1.29, 1.82) is 5.26 Å². The van der Waals surface area contributed by atoms with Gasteiger partial charge in [-0.2, -0.15) is 5.26 Å². The summed E-state index contributed by atoms with van der Waals surface area (Å²) < 4.78 is 11.5. The molecule has 1 amide bonds. The highest BCUT2D eigenvalue weighted by molar-refractivity contribution is 14.1. The van der Waals surface area contributed by atoms with Crippen LogP contribution in [-0.4, -0.2) is 18.5 Å². The fourth-order valence-corrected chi connectivity index (χ4v) is 2.74. The van der Waals surface area contributed by atoms with Crippen LogP contribution in [0.2, 0.25) is 0 Å². The Hall–Kier alpha value is -2.86. The van der Waals surface area contributed by atoms with Crippen molar-refractivity contribution in [2.45, 2.75) is 13.8 Å². The second-order valence-corrected chi connectivity index (χ2v) is 6.61. The summed E-state index contributed by atoms with van der Waals surface area (Å²) in [5.41, 5.74) is 1.12. The molecule has 6 nitrogen and oxygen atoms in total. The van der Waals surface area contributed by atoms with Gasteiger partial charge in [-0.15, -0.1) is 0 Å². The third kappa shape index (κ3) is 6.11. The number of amides is 1. The molecule has 0 atom stereocenters. The molecule has 7 heteroatoms. The van der Waals surface area contributed by atoms with Gasteiger partial charge in [0.15, 0.2) is 11.5 Å². The molecule has 27 heavy (non-hydrogen) atoms. The highest BCUT2D eigenvalue weighted by Gasteiger charge is 2.12. The normalized spacial score (nSPS) is 10.7. The molecule has 0 aliphatic carbocycles. The summed E-state index contributed by atoms with van der Waals surface area (Å²) in [4.78, 5) is 23.6. The highest BCUT2D eigenvalue weighted by Crippen LogP contribution is 2.29. The lowest BCUT2D eigenvalue weighted by molar-refractivity contribution is -0.132. The summed E-state index contributed by atoms with van der Waals surface area (Å²) in [5, 5.41) is 12.1. The molecule has 0 heterocycles. The lowest BCUT2D eigenvalue weighted by Gasteiger charge is -2.10. The quantitative estimate of drug-likeness (QED) is 0.223. The molecular weight excluding hydrogens is 459 g/mol. The first kappa shape index (κ1) is 20.5. The minimum Gasteiger partial charge on any atom is -0.490 e. The Labute approximate surface area is 170 Å². The molecule has 0 fully saturated rings. The molecule has 0 spiro atoms. The number of esters is 1. The zero-order valence-electron chi connectivity index (χ0n) is 14.8. The van der Waals surface area contributed by atoms with Gasteiger partial charge in [0, 0.05) is 16.2 Å². The summed E-state index contributed by atoms with van der Waals surface area (Å²) in [6, 6.07) is 14.0. The van der Waals surface area contributed by atoms with E-state index in [-0.39, 0.29) is 11.3 Å². The van der Waals surface area contributed by atoms with Gasteiger partial charge in [-0.25, -0.2) is 0 Å².